The first-order valence-corrected chi connectivity index (χ1v) is 11.9. The minimum atomic E-state index is -3.64. The van der Waals surface area contributed by atoms with Crippen molar-refractivity contribution in [1.29, 1.82) is 0 Å². The Labute approximate surface area is 164 Å². The molecule has 2 saturated carbocycles. The van der Waals surface area contributed by atoms with Crippen LogP contribution < -0.4 is 4.72 Å². The van der Waals surface area contributed by atoms with Crippen LogP contribution in [-0.4, -0.2) is 54.7 Å². The zero-order chi connectivity index (χ0) is 19.9. The van der Waals surface area contributed by atoms with Gasteiger partial charge in [-0.25, -0.2) is 0 Å². The Morgan fingerprint density at radius 2 is 1.78 bits per heavy atom. The molecule has 7 heteroatoms. The summed E-state index contributed by atoms with van der Waals surface area (Å²) in [4.78, 5) is 15.4. The van der Waals surface area contributed by atoms with Crippen LogP contribution in [0.4, 0.5) is 0 Å². The first kappa shape index (κ1) is 19.6. The molecule has 2 aliphatic carbocycles. The summed E-state index contributed by atoms with van der Waals surface area (Å²) < 4.78 is 30.4. The van der Waals surface area contributed by atoms with Crippen molar-refractivity contribution in [2.75, 3.05) is 13.1 Å². The third-order valence-electron chi connectivity index (χ3n) is 8.07. The van der Waals surface area contributed by atoms with E-state index in [1.807, 2.05) is 25.7 Å². The lowest BCUT2D eigenvalue weighted by Crippen LogP contribution is -2.68. The maximum absolute atomic E-state index is 13.5. The Hall–Kier alpha value is -0.660. The second kappa shape index (κ2) is 5.92. The fourth-order valence-electron chi connectivity index (χ4n) is 5.86. The van der Waals surface area contributed by atoms with Crippen LogP contribution in [0.25, 0.3) is 0 Å². The maximum Gasteiger partial charge on any atom is 0.280 e. The predicted octanol–water partition coefficient (Wildman–Crippen LogP) is 2.22. The number of fused-ring (bicyclic) bond motifs is 3. The van der Waals surface area contributed by atoms with Gasteiger partial charge in [-0.1, -0.05) is 34.6 Å². The van der Waals surface area contributed by atoms with E-state index in [9.17, 15) is 13.2 Å². The van der Waals surface area contributed by atoms with E-state index in [0.29, 0.717) is 24.3 Å². The summed E-state index contributed by atoms with van der Waals surface area (Å²) in [5.74, 6) is 1.47. The molecule has 4 atom stereocenters. The van der Waals surface area contributed by atoms with Gasteiger partial charge in [0.25, 0.3) is 10.2 Å². The smallest absolute Gasteiger partial charge is 0.280 e. The van der Waals surface area contributed by atoms with Gasteiger partial charge in [0.1, 0.15) is 6.04 Å². The first-order chi connectivity index (χ1) is 12.3. The molecule has 0 radical (unpaired) electrons. The molecule has 6 fully saturated rings. The van der Waals surface area contributed by atoms with Crippen molar-refractivity contribution in [2.24, 2.45) is 28.6 Å². The Kier molecular flexibility index (Phi) is 4.31. The average Bonchev–Trinajstić information content (AvgIpc) is 3.12. The highest BCUT2D eigenvalue weighted by Gasteiger charge is 2.58. The number of piperidine rings is 2. The second-order valence-corrected chi connectivity index (χ2v) is 12.7. The van der Waals surface area contributed by atoms with Gasteiger partial charge in [0, 0.05) is 25.2 Å². The van der Waals surface area contributed by atoms with Crippen LogP contribution in [0.5, 0.6) is 0 Å². The highest BCUT2D eigenvalue weighted by molar-refractivity contribution is 7.87. The summed E-state index contributed by atoms with van der Waals surface area (Å²) in [7, 11) is -3.64. The highest BCUT2D eigenvalue weighted by atomic mass is 32.2. The highest BCUT2D eigenvalue weighted by Crippen LogP contribution is 2.57. The lowest BCUT2D eigenvalue weighted by atomic mass is 9.50. The minimum absolute atomic E-state index is 0.0599. The Morgan fingerprint density at radius 1 is 1.15 bits per heavy atom. The van der Waals surface area contributed by atoms with Gasteiger partial charge in [-0.3, -0.25) is 4.79 Å². The Bertz CT molecular complexity index is 736. The standard InChI is InChI=1S/C20H35N3O3S/c1-12-16-9-14(20(16,5)6)11-22(12)18(24)17(19(2,3)4)21-27(25,26)23-10-13-7-15(23)8-13/h12-17,21H,7-11H2,1-6H3/t12-,13?,14-,15?,16+,17-/m1/s1. The van der Waals surface area contributed by atoms with E-state index in [2.05, 4.69) is 25.5 Å². The topological polar surface area (TPSA) is 69.7 Å². The minimum Gasteiger partial charge on any atom is -0.338 e. The molecule has 4 aliphatic heterocycles. The van der Waals surface area contributed by atoms with E-state index in [4.69, 9.17) is 0 Å². The Morgan fingerprint density at radius 3 is 2.22 bits per heavy atom. The molecule has 0 aromatic rings. The molecule has 0 unspecified atom stereocenters. The van der Waals surface area contributed by atoms with Crippen LogP contribution in [-0.2, 0) is 15.0 Å². The van der Waals surface area contributed by atoms with Gasteiger partial charge in [0.2, 0.25) is 5.91 Å². The summed E-state index contributed by atoms with van der Waals surface area (Å²) in [6.07, 6.45) is 3.12. The molecule has 1 N–H and O–H groups in total. The van der Waals surface area contributed by atoms with Crippen LogP contribution in [0, 0.1) is 28.6 Å². The number of hydrogen-bond donors (Lipinski definition) is 1. The molecular formula is C20H35N3O3S. The number of carbonyl (C=O) groups is 1. The van der Waals surface area contributed by atoms with Gasteiger partial charge in [-0.15, -0.1) is 0 Å². The van der Waals surface area contributed by atoms with Crippen molar-refractivity contribution < 1.29 is 13.2 Å². The summed E-state index contributed by atoms with van der Waals surface area (Å²) >= 11 is 0. The Balaban J connectivity index is 1.53. The van der Waals surface area contributed by atoms with Gasteiger partial charge in [0.05, 0.1) is 0 Å². The molecule has 27 heavy (non-hydrogen) atoms. The second-order valence-electron chi connectivity index (χ2n) is 11.1. The molecule has 154 valence electrons. The lowest BCUT2D eigenvalue weighted by molar-refractivity contribution is -0.169. The molecular weight excluding hydrogens is 362 g/mol. The molecule has 4 saturated heterocycles. The largest absolute Gasteiger partial charge is 0.338 e. The monoisotopic (exact) mass is 397 g/mol. The molecule has 4 heterocycles. The van der Waals surface area contributed by atoms with Crippen LogP contribution in [0.1, 0.15) is 60.8 Å². The fraction of sp³-hybridized carbons (Fsp3) is 0.950. The van der Waals surface area contributed by atoms with Crippen molar-refractivity contribution in [3.8, 4) is 0 Å². The van der Waals surface area contributed by atoms with Gasteiger partial charge < -0.3 is 4.90 Å². The van der Waals surface area contributed by atoms with E-state index in [1.54, 1.807) is 4.31 Å². The molecule has 0 spiro atoms. The van der Waals surface area contributed by atoms with Crippen LogP contribution in [0.15, 0.2) is 0 Å². The zero-order valence-electron chi connectivity index (χ0n) is 17.5. The fourth-order valence-corrected chi connectivity index (χ4v) is 7.72. The molecule has 0 aromatic carbocycles. The number of carbonyl (C=O) groups excluding carboxylic acids is 1. The summed E-state index contributed by atoms with van der Waals surface area (Å²) in [5.41, 5.74) is -0.201. The van der Waals surface area contributed by atoms with Crippen molar-refractivity contribution >= 4 is 16.1 Å². The number of rotatable bonds is 4. The number of amides is 1. The van der Waals surface area contributed by atoms with Crippen LogP contribution in [0.3, 0.4) is 0 Å². The van der Waals surface area contributed by atoms with Crippen molar-refractivity contribution in [3.05, 3.63) is 0 Å². The normalized spacial score (nSPS) is 38.9. The SMILES string of the molecule is C[C@@H]1[C@@H]2C[C@H](CN1C(=O)[C@@H](NS(=O)(=O)N1CC3CC1C3)C(C)(C)C)C2(C)C. The van der Waals surface area contributed by atoms with Gasteiger partial charge in [0.15, 0.2) is 0 Å². The summed E-state index contributed by atoms with van der Waals surface area (Å²) in [5, 5.41) is 0. The van der Waals surface area contributed by atoms with Crippen molar-refractivity contribution in [2.45, 2.75) is 78.9 Å². The van der Waals surface area contributed by atoms with Crippen LogP contribution >= 0.6 is 0 Å². The lowest BCUT2D eigenvalue weighted by Gasteiger charge is -2.63. The van der Waals surface area contributed by atoms with Crippen molar-refractivity contribution in [3.63, 3.8) is 0 Å². The maximum atomic E-state index is 13.5. The summed E-state index contributed by atoms with van der Waals surface area (Å²) in [6, 6.07) is -0.444. The third-order valence-corrected chi connectivity index (χ3v) is 9.66. The summed E-state index contributed by atoms with van der Waals surface area (Å²) in [6.45, 7) is 13.9. The molecule has 1 amide bonds. The van der Waals surface area contributed by atoms with E-state index in [0.717, 1.165) is 19.4 Å². The molecule has 0 aromatic heterocycles. The van der Waals surface area contributed by atoms with Crippen LogP contribution in [0.2, 0.25) is 0 Å². The zero-order valence-corrected chi connectivity index (χ0v) is 18.3. The number of nitrogens with one attached hydrogen (secondary N) is 1. The quantitative estimate of drug-likeness (QED) is 0.791. The van der Waals surface area contributed by atoms with E-state index >= 15 is 0 Å². The van der Waals surface area contributed by atoms with E-state index in [1.165, 1.54) is 6.42 Å². The molecule has 6 nitrogen and oxygen atoms in total. The van der Waals surface area contributed by atoms with Gasteiger partial charge in [-0.2, -0.15) is 17.4 Å². The molecule has 6 rings (SSSR count). The average molecular weight is 398 g/mol. The molecule has 4 bridgehead atoms. The number of nitrogens with zero attached hydrogens (tertiary/aromatic N) is 2. The van der Waals surface area contributed by atoms with Gasteiger partial charge in [-0.05, 0) is 54.8 Å². The number of hydrogen-bond acceptors (Lipinski definition) is 3. The third kappa shape index (κ3) is 2.96. The predicted molar refractivity (Wildman–Crippen MR) is 105 cm³/mol. The van der Waals surface area contributed by atoms with E-state index in [-0.39, 0.29) is 23.4 Å². The first-order valence-electron chi connectivity index (χ1n) is 10.4. The van der Waals surface area contributed by atoms with Gasteiger partial charge >= 0.3 is 0 Å². The van der Waals surface area contributed by atoms with E-state index < -0.39 is 21.7 Å². The van der Waals surface area contributed by atoms with Crippen molar-refractivity contribution in [1.82, 2.24) is 13.9 Å². The molecule has 6 aliphatic rings.